The number of nitrogens with zero attached hydrogens (tertiary/aromatic N) is 1. The first-order chi connectivity index (χ1) is 12.7. The number of nitrogens with one attached hydrogen (secondary N) is 2. The van der Waals surface area contributed by atoms with Gasteiger partial charge in [0.1, 0.15) is 0 Å². The molecule has 5 heteroatoms. The Labute approximate surface area is 156 Å². The topological polar surface area (TPSA) is 53.6 Å². The fraction of sp³-hybridized carbons (Fsp3) is 0.571. The minimum Gasteiger partial charge on any atom is -0.379 e. The maximum absolute atomic E-state index is 12.1. The van der Waals surface area contributed by atoms with Crippen molar-refractivity contribution >= 4 is 11.7 Å². The molecule has 2 aliphatic rings. The molecule has 1 aliphatic heterocycles. The second-order valence-electron chi connectivity index (χ2n) is 7.19. The smallest absolute Gasteiger partial charge is 0.319 e. The molecule has 5 nitrogen and oxygen atoms in total. The van der Waals surface area contributed by atoms with E-state index in [2.05, 4.69) is 40.7 Å². The summed E-state index contributed by atoms with van der Waals surface area (Å²) in [5.41, 5.74) is 3.58. The Morgan fingerprint density at radius 3 is 2.65 bits per heavy atom. The molecule has 2 N–H and O–H groups in total. The molecule has 0 spiro atoms. The van der Waals surface area contributed by atoms with Crippen LogP contribution in [0.5, 0.6) is 0 Å². The van der Waals surface area contributed by atoms with Gasteiger partial charge in [0.15, 0.2) is 0 Å². The average Bonchev–Trinajstić information content (AvgIpc) is 2.69. The highest BCUT2D eigenvalue weighted by atomic mass is 16.5. The molecule has 0 radical (unpaired) electrons. The van der Waals surface area contributed by atoms with E-state index in [0.29, 0.717) is 12.6 Å². The molecule has 142 valence electrons. The molecule has 0 saturated carbocycles. The Morgan fingerprint density at radius 2 is 1.96 bits per heavy atom. The van der Waals surface area contributed by atoms with Gasteiger partial charge in [-0.3, -0.25) is 4.90 Å². The molecule has 3 rings (SSSR count). The number of carbonyl (C=O) groups excluding carboxylic acids is 1. The van der Waals surface area contributed by atoms with E-state index in [0.717, 1.165) is 38.4 Å². The van der Waals surface area contributed by atoms with Crippen molar-refractivity contribution < 1.29 is 9.53 Å². The zero-order valence-electron chi connectivity index (χ0n) is 15.8. The van der Waals surface area contributed by atoms with E-state index < -0.39 is 0 Å². The number of morpholine rings is 1. The number of rotatable bonds is 6. The predicted molar refractivity (Wildman–Crippen MR) is 105 cm³/mol. The van der Waals surface area contributed by atoms with Crippen LogP contribution in [0.15, 0.2) is 35.9 Å². The fourth-order valence-electron chi connectivity index (χ4n) is 3.66. The number of urea groups is 1. The van der Waals surface area contributed by atoms with Gasteiger partial charge in [-0.2, -0.15) is 0 Å². The number of carbonyl (C=O) groups is 1. The average molecular weight is 357 g/mol. The summed E-state index contributed by atoms with van der Waals surface area (Å²) in [7, 11) is 0. The summed E-state index contributed by atoms with van der Waals surface area (Å²) < 4.78 is 5.42. The van der Waals surface area contributed by atoms with E-state index >= 15 is 0 Å². The minimum absolute atomic E-state index is 0.129. The maximum atomic E-state index is 12.1. The lowest BCUT2D eigenvalue weighted by molar-refractivity contribution is 0.0198. The SMILES string of the molecule is CC(c1ccc(NC(=O)NCCC2=CCCCC2)cc1)N1CCOCC1. The van der Waals surface area contributed by atoms with Crippen molar-refractivity contribution in [3.8, 4) is 0 Å². The van der Waals surface area contributed by atoms with Crippen molar-refractivity contribution in [2.45, 2.75) is 45.1 Å². The zero-order valence-corrected chi connectivity index (χ0v) is 15.8. The van der Waals surface area contributed by atoms with Crippen LogP contribution in [0.4, 0.5) is 10.5 Å². The van der Waals surface area contributed by atoms with Crippen LogP contribution in [-0.2, 0) is 4.74 Å². The Hall–Kier alpha value is -1.85. The van der Waals surface area contributed by atoms with Gasteiger partial charge in [-0.15, -0.1) is 0 Å². The highest BCUT2D eigenvalue weighted by Crippen LogP contribution is 2.23. The van der Waals surface area contributed by atoms with Gasteiger partial charge in [0.25, 0.3) is 0 Å². The lowest BCUT2D eigenvalue weighted by atomic mass is 9.97. The molecular weight excluding hydrogens is 326 g/mol. The summed E-state index contributed by atoms with van der Waals surface area (Å²) in [6, 6.07) is 8.40. The van der Waals surface area contributed by atoms with E-state index in [1.807, 2.05) is 12.1 Å². The number of hydrogen-bond acceptors (Lipinski definition) is 3. The molecule has 1 heterocycles. The monoisotopic (exact) mass is 357 g/mol. The van der Waals surface area contributed by atoms with E-state index in [9.17, 15) is 4.79 Å². The van der Waals surface area contributed by atoms with Crippen LogP contribution in [0.3, 0.4) is 0 Å². The number of hydrogen-bond donors (Lipinski definition) is 2. The van der Waals surface area contributed by atoms with Crippen LogP contribution < -0.4 is 10.6 Å². The molecule has 26 heavy (non-hydrogen) atoms. The van der Waals surface area contributed by atoms with Crippen molar-refractivity contribution in [1.29, 1.82) is 0 Å². The molecule has 2 amide bonds. The second-order valence-corrected chi connectivity index (χ2v) is 7.19. The Bertz CT molecular complexity index is 606. The molecule has 1 aliphatic carbocycles. The fourth-order valence-corrected chi connectivity index (χ4v) is 3.66. The summed E-state index contributed by atoms with van der Waals surface area (Å²) in [5.74, 6) is 0. The number of anilines is 1. The number of benzene rings is 1. The largest absolute Gasteiger partial charge is 0.379 e. The first kappa shape index (κ1) is 18.9. The van der Waals surface area contributed by atoms with E-state index in [4.69, 9.17) is 4.74 Å². The van der Waals surface area contributed by atoms with Gasteiger partial charge in [-0.25, -0.2) is 4.79 Å². The van der Waals surface area contributed by atoms with Crippen LogP contribution in [0, 0.1) is 0 Å². The van der Waals surface area contributed by atoms with Crippen LogP contribution in [-0.4, -0.2) is 43.8 Å². The summed E-state index contributed by atoms with van der Waals surface area (Å²) >= 11 is 0. The maximum Gasteiger partial charge on any atom is 0.319 e. The Balaban J connectivity index is 1.42. The molecule has 1 unspecified atom stereocenters. The van der Waals surface area contributed by atoms with E-state index in [-0.39, 0.29) is 6.03 Å². The third kappa shape index (κ3) is 5.58. The van der Waals surface area contributed by atoms with Gasteiger partial charge in [0.2, 0.25) is 0 Å². The summed E-state index contributed by atoms with van der Waals surface area (Å²) in [6.45, 7) is 6.48. The van der Waals surface area contributed by atoms with E-state index in [1.54, 1.807) is 0 Å². The molecule has 1 atom stereocenters. The molecule has 0 aromatic heterocycles. The molecule has 1 fully saturated rings. The standard InChI is InChI=1S/C21H31N3O2/c1-17(24-13-15-26-16-14-24)19-7-9-20(10-8-19)23-21(25)22-12-11-18-5-3-2-4-6-18/h5,7-10,17H,2-4,6,11-16H2,1H3,(H2,22,23,25). The minimum atomic E-state index is -0.129. The van der Waals surface area contributed by atoms with E-state index in [1.165, 1.54) is 36.8 Å². The summed E-state index contributed by atoms with van der Waals surface area (Å²) in [5, 5.41) is 5.88. The van der Waals surface area contributed by atoms with Crippen LogP contribution in [0.25, 0.3) is 0 Å². The molecule has 0 bridgehead atoms. The predicted octanol–water partition coefficient (Wildman–Crippen LogP) is 4.09. The lowest BCUT2D eigenvalue weighted by Crippen LogP contribution is -2.38. The second kappa shape index (κ2) is 9.74. The first-order valence-corrected chi connectivity index (χ1v) is 9.87. The number of ether oxygens (including phenoxy) is 1. The van der Waals surface area contributed by atoms with Crippen LogP contribution in [0.2, 0.25) is 0 Å². The third-order valence-electron chi connectivity index (χ3n) is 5.36. The van der Waals surface area contributed by atoms with Crippen LogP contribution in [0.1, 0.15) is 50.6 Å². The highest BCUT2D eigenvalue weighted by molar-refractivity contribution is 5.89. The van der Waals surface area contributed by atoms with Crippen LogP contribution >= 0.6 is 0 Å². The first-order valence-electron chi connectivity index (χ1n) is 9.87. The summed E-state index contributed by atoms with van der Waals surface area (Å²) in [6.07, 6.45) is 8.26. The van der Waals surface area contributed by atoms with Gasteiger partial charge in [-0.1, -0.05) is 23.8 Å². The zero-order chi connectivity index (χ0) is 18.2. The molecular formula is C21H31N3O2. The van der Waals surface area contributed by atoms with Gasteiger partial charge in [0.05, 0.1) is 13.2 Å². The Morgan fingerprint density at radius 1 is 1.19 bits per heavy atom. The normalized spacial score (nSPS) is 19.5. The Kier molecular flexibility index (Phi) is 7.09. The highest BCUT2D eigenvalue weighted by Gasteiger charge is 2.18. The van der Waals surface area contributed by atoms with Gasteiger partial charge in [0, 0.05) is 31.4 Å². The van der Waals surface area contributed by atoms with Crippen molar-refractivity contribution in [2.75, 3.05) is 38.2 Å². The third-order valence-corrected chi connectivity index (χ3v) is 5.36. The van der Waals surface area contributed by atoms with Crippen molar-refractivity contribution in [2.24, 2.45) is 0 Å². The van der Waals surface area contributed by atoms with Crippen molar-refractivity contribution in [3.05, 3.63) is 41.5 Å². The summed E-state index contributed by atoms with van der Waals surface area (Å²) in [4.78, 5) is 14.5. The number of amides is 2. The van der Waals surface area contributed by atoms with Gasteiger partial charge in [-0.05, 0) is 56.7 Å². The number of allylic oxidation sites excluding steroid dienone is 1. The molecule has 1 saturated heterocycles. The quantitative estimate of drug-likeness (QED) is 0.754. The molecule has 1 aromatic carbocycles. The van der Waals surface area contributed by atoms with Crippen molar-refractivity contribution in [1.82, 2.24) is 10.2 Å². The van der Waals surface area contributed by atoms with Gasteiger partial charge < -0.3 is 15.4 Å². The molecule has 1 aromatic rings. The van der Waals surface area contributed by atoms with Crippen molar-refractivity contribution in [3.63, 3.8) is 0 Å². The van der Waals surface area contributed by atoms with Gasteiger partial charge >= 0.3 is 6.03 Å². The lowest BCUT2D eigenvalue weighted by Gasteiger charge is -2.32.